The van der Waals surface area contributed by atoms with Crippen LogP contribution in [0.1, 0.15) is 53.2 Å². The van der Waals surface area contributed by atoms with Crippen molar-refractivity contribution in [2.24, 2.45) is 0 Å². The van der Waals surface area contributed by atoms with Crippen LogP contribution in [0.25, 0.3) is 0 Å². The lowest BCUT2D eigenvalue weighted by Crippen LogP contribution is -2.25. The third-order valence-electron chi connectivity index (χ3n) is 4.24. The summed E-state index contributed by atoms with van der Waals surface area (Å²) in [4.78, 5) is 26.2. The highest BCUT2D eigenvalue weighted by Gasteiger charge is 2.28. The van der Waals surface area contributed by atoms with E-state index in [4.69, 9.17) is 5.11 Å². The number of hydrogen-bond donors (Lipinski definition) is 1. The van der Waals surface area contributed by atoms with E-state index in [0.717, 1.165) is 38.0 Å². The number of carbonyl (C=O) groups is 1. The van der Waals surface area contributed by atoms with Crippen LogP contribution < -0.4 is 0 Å². The van der Waals surface area contributed by atoms with Gasteiger partial charge in [-0.1, -0.05) is 13.0 Å². The summed E-state index contributed by atoms with van der Waals surface area (Å²) in [6.07, 6.45) is 7.76. The number of aromatic carboxylic acids is 1. The second kappa shape index (κ2) is 6.83. The van der Waals surface area contributed by atoms with Crippen molar-refractivity contribution in [3.8, 4) is 0 Å². The van der Waals surface area contributed by atoms with Gasteiger partial charge >= 0.3 is 5.97 Å². The van der Waals surface area contributed by atoms with E-state index in [1.54, 1.807) is 0 Å². The molecule has 1 aliphatic rings. The molecular weight excluding hydrogens is 292 g/mol. The minimum atomic E-state index is -1.000. The molecule has 1 fully saturated rings. The molecule has 0 saturated carbocycles. The van der Waals surface area contributed by atoms with Gasteiger partial charge in [0.15, 0.2) is 0 Å². The van der Waals surface area contributed by atoms with Crippen molar-refractivity contribution >= 4 is 5.97 Å². The maximum atomic E-state index is 10.9. The number of aromatic nitrogens is 3. The van der Waals surface area contributed by atoms with Gasteiger partial charge in [-0.3, -0.25) is 9.88 Å². The fourth-order valence-electron chi connectivity index (χ4n) is 2.89. The molecule has 2 aromatic rings. The van der Waals surface area contributed by atoms with Gasteiger partial charge in [-0.05, 0) is 37.4 Å². The first-order chi connectivity index (χ1) is 11.2. The highest BCUT2D eigenvalue weighted by molar-refractivity contribution is 5.86. The first-order valence-corrected chi connectivity index (χ1v) is 7.90. The molecule has 0 aromatic carbocycles. The Morgan fingerprint density at radius 1 is 1.26 bits per heavy atom. The van der Waals surface area contributed by atoms with E-state index in [-0.39, 0.29) is 11.6 Å². The molecule has 3 rings (SSSR count). The van der Waals surface area contributed by atoms with Gasteiger partial charge in [0.1, 0.15) is 5.82 Å². The number of aryl methyl sites for hydroxylation is 1. The van der Waals surface area contributed by atoms with Crippen molar-refractivity contribution < 1.29 is 9.90 Å². The maximum absolute atomic E-state index is 10.9. The summed E-state index contributed by atoms with van der Waals surface area (Å²) >= 11 is 0. The summed E-state index contributed by atoms with van der Waals surface area (Å²) in [6.45, 7) is 3.86. The lowest BCUT2D eigenvalue weighted by molar-refractivity contribution is 0.0695. The first kappa shape index (κ1) is 15.6. The van der Waals surface area contributed by atoms with Gasteiger partial charge in [0.2, 0.25) is 0 Å². The molecule has 6 nitrogen and oxygen atoms in total. The number of carboxylic acids is 1. The topological polar surface area (TPSA) is 79.2 Å². The standard InChI is InChI=1S/C17H20N4O2/c1-2-12-5-6-14(18-8-12)11-21-7-3-4-15(21)16-19-9-13(10-20-16)17(22)23/h5-6,8-10,15H,2-4,7,11H2,1H3,(H,22,23). The Hall–Kier alpha value is -2.34. The molecular formula is C17H20N4O2. The molecule has 0 spiro atoms. The van der Waals surface area contributed by atoms with Crippen LogP contribution in [-0.2, 0) is 13.0 Å². The Bertz CT molecular complexity index is 670. The number of likely N-dealkylation sites (tertiary alicyclic amines) is 1. The molecule has 120 valence electrons. The largest absolute Gasteiger partial charge is 0.478 e. The Kier molecular flexibility index (Phi) is 4.62. The van der Waals surface area contributed by atoms with E-state index >= 15 is 0 Å². The minimum Gasteiger partial charge on any atom is -0.478 e. The van der Waals surface area contributed by atoms with Crippen LogP contribution in [0.15, 0.2) is 30.7 Å². The third-order valence-corrected chi connectivity index (χ3v) is 4.24. The molecule has 1 N–H and O–H groups in total. The summed E-state index contributed by atoms with van der Waals surface area (Å²) in [7, 11) is 0. The zero-order valence-electron chi connectivity index (χ0n) is 13.1. The van der Waals surface area contributed by atoms with Crippen molar-refractivity contribution in [1.29, 1.82) is 0 Å². The molecule has 1 unspecified atom stereocenters. The summed E-state index contributed by atoms with van der Waals surface area (Å²) in [5.41, 5.74) is 2.39. The van der Waals surface area contributed by atoms with Gasteiger partial charge in [0, 0.05) is 25.1 Å². The van der Waals surface area contributed by atoms with E-state index in [0.29, 0.717) is 5.82 Å². The zero-order valence-corrected chi connectivity index (χ0v) is 13.1. The van der Waals surface area contributed by atoms with Crippen LogP contribution in [0.3, 0.4) is 0 Å². The molecule has 1 saturated heterocycles. The van der Waals surface area contributed by atoms with E-state index < -0.39 is 5.97 Å². The Balaban J connectivity index is 1.72. The van der Waals surface area contributed by atoms with Crippen molar-refractivity contribution in [3.05, 3.63) is 53.4 Å². The molecule has 3 heterocycles. The van der Waals surface area contributed by atoms with Crippen LogP contribution in [0.2, 0.25) is 0 Å². The van der Waals surface area contributed by atoms with E-state index in [9.17, 15) is 4.79 Å². The average Bonchev–Trinajstić information content (AvgIpc) is 3.04. The fraction of sp³-hybridized carbons (Fsp3) is 0.412. The van der Waals surface area contributed by atoms with Crippen LogP contribution in [0, 0.1) is 0 Å². The third kappa shape index (κ3) is 3.53. The van der Waals surface area contributed by atoms with Gasteiger partial charge in [0.25, 0.3) is 0 Å². The Labute approximate surface area is 135 Å². The van der Waals surface area contributed by atoms with Gasteiger partial charge in [0.05, 0.1) is 17.3 Å². The Morgan fingerprint density at radius 3 is 2.65 bits per heavy atom. The molecule has 0 aliphatic carbocycles. The highest BCUT2D eigenvalue weighted by Crippen LogP contribution is 2.30. The van der Waals surface area contributed by atoms with Crippen LogP contribution in [-0.4, -0.2) is 37.5 Å². The van der Waals surface area contributed by atoms with Crippen LogP contribution >= 0.6 is 0 Å². The molecule has 0 radical (unpaired) electrons. The van der Waals surface area contributed by atoms with E-state index in [2.05, 4.69) is 38.9 Å². The smallest absolute Gasteiger partial charge is 0.338 e. The molecule has 1 atom stereocenters. The van der Waals surface area contributed by atoms with Gasteiger partial charge in [-0.2, -0.15) is 0 Å². The lowest BCUT2D eigenvalue weighted by Gasteiger charge is -2.22. The van der Waals surface area contributed by atoms with E-state index in [1.165, 1.54) is 18.0 Å². The monoisotopic (exact) mass is 312 g/mol. The highest BCUT2D eigenvalue weighted by atomic mass is 16.4. The fourth-order valence-corrected chi connectivity index (χ4v) is 2.89. The lowest BCUT2D eigenvalue weighted by atomic mass is 10.2. The predicted octanol–water partition coefficient (Wildman–Crippen LogP) is 2.47. The molecule has 0 bridgehead atoms. The Morgan fingerprint density at radius 2 is 2.04 bits per heavy atom. The average molecular weight is 312 g/mol. The number of nitrogens with zero attached hydrogens (tertiary/aromatic N) is 4. The number of pyridine rings is 1. The summed E-state index contributed by atoms with van der Waals surface area (Å²) < 4.78 is 0. The minimum absolute atomic E-state index is 0.120. The summed E-state index contributed by atoms with van der Waals surface area (Å²) in [6, 6.07) is 4.32. The van der Waals surface area contributed by atoms with Crippen molar-refractivity contribution in [3.63, 3.8) is 0 Å². The van der Waals surface area contributed by atoms with Crippen LogP contribution in [0.4, 0.5) is 0 Å². The maximum Gasteiger partial charge on any atom is 0.338 e. The molecule has 1 aliphatic heterocycles. The zero-order chi connectivity index (χ0) is 16.2. The molecule has 6 heteroatoms. The number of rotatable bonds is 5. The normalized spacial score (nSPS) is 18.2. The summed E-state index contributed by atoms with van der Waals surface area (Å²) in [5.74, 6) is -0.308. The second-order valence-corrected chi connectivity index (χ2v) is 5.77. The number of carboxylic acid groups (broad SMARTS) is 1. The molecule has 2 aromatic heterocycles. The quantitative estimate of drug-likeness (QED) is 0.913. The van der Waals surface area contributed by atoms with Gasteiger partial charge in [-0.25, -0.2) is 14.8 Å². The van der Waals surface area contributed by atoms with E-state index in [1.807, 2.05) is 6.20 Å². The van der Waals surface area contributed by atoms with Crippen molar-refractivity contribution in [2.75, 3.05) is 6.54 Å². The predicted molar refractivity (Wildman–Crippen MR) is 85.0 cm³/mol. The number of hydrogen-bond acceptors (Lipinski definition) is 5. The van der Waals surface area contributed by atoms with Crippen molar-refractivity contribution in [2.45, 2.75) is 38.8 Å². The van der Waals surface area contributed by atoms with Crippen molar-refractivity contribution in [1.82, 2.24) is 19.9 Å². The molecule has 0 amide bonds. The summed E-state index contributed by atoms with van der Waals surface area (Å²) in [5, 5.41) is 8.93. The van der Waals surface area contributed by atoms with Crippen LogP contribution in [0.5, 0.6) is 0 Å². The van der Waals surface area contributed by atoms with Gasteiger partial charge < -0.3 is 5.11 Å². The second-order valence-electron chi connectivity index (χ2n) is 5.77. The first-order valence-electron chi connectivity index (χ1n) is 7.90. The molecule has 23 heavy (non-hydrogen) atoms. The SMILES string of the molecule is CCc1ccc(CN2CCCC2c2ncc(C(=O)O)cn2)nc1. The van der Waals surface area contributed by atoms with Gasteiger partial charge in [-0.15, -0.1) is 0 Å².